The van der Waals surface area contributed by atoms with Crippen LogP contribution in [0.3, 0.4) is 0 Å². The lowest BCUT2D eigenvalue weighted by Crippen LogP contribution is -2.22. The Balaban J connectivity index is 1.65. The third-order valence-corrected chi connectivity index (χ3v) is 6.12. The highest BCUT2D eigenvalue weighted by atomic mass is 35.5. The number of aromatic amines is 1. The zero-order valence-electron chi connectivity index (χ0n) is 16.8. The molecule has 0 unspecified atom stereocenters. The number of carbonyl (C=O) groups is 1. The summed E-state index contributed by atoms with van der Waals surface area (Å²) in [6, 6.07) is 3.81. The largest absolute Gasteiger partial charge is 0.416 e. The molecule has 4 N–H and O–H groups in total. The van der Waals surface area contributed by atoms with Crippen LogP contribution in [0.25, 0.3) is 0 Å². The van der Waals surface area contributed by atoms with Gasteiger partial charge < -0.3 is 11.1 Å². The van der Waals surface area contributed by atoms with Gasteiger partial charge in [0.25, 0.3) is 0 Å². The maximum Gasteiger partial charge on any atom is 0.416 e. The number of alkyl halides is 3. The molecule has 0 bridgehead atoms. The Morgan fingerprint density at radius 1 is 1.27 bits per heavy atom. The molecule has 1 saturated carbocycles. The fourth-order valence-electron chi connectivity index (χ4n) is 4.06. The van der Waals surface area contributed by atoms with Crippen molar-refractivity contribution in [2.24, 2.45) is 11.7 Å². The number of hydrogen-bond acceptors (Lipinski definition) is 3. The molecule has 1 amide bonds. The molecule has 2 aromatic rings. The van der Waals surface area contributed by atoms with Gasteiger partial charge in [-0.05, 0) is 61.6 Å². The Labute approximate surface area is 178 Å². The number of nitrogens with two attached hydrogens (primary N) is 1. The van der Waals surface area contributed by atoms with Crippen LogP contribution < -0.4 is 11.1 Å². The van der Waals surface area contributed by atoms with E-state index in [1.807, 2.05) is 6.07 Å². The molecule has 5 nitrogen and oxygen atoms in total. The number of nitrogens with one attached hydrogen (secondary N) is 2. The average Bonchev–Trinajstić information content (AvgIpc) is 3.14. The SMILES string of the molecule is CCCc1cc(NCC2CCC(c3cc(C(F)(F)F)cc(C(N)=O)c3Cl)CC2)n[nH]1. The lowest BCUT2D eigenvalue weighted by atomic mass is 9.78. The van der Waals surface area contributed by atoms with Crippen molar-refractivity contribution < 1.29 is 18.0 Å². The van der Waals surface area contributed by atoms with Crippen LogP contribution in [0.4, 0.5) is 19.0 Å². The molecule has 1 aromatic heterocycles. The van der Waals surface area contributed by atoms with Crippen molar-refractivity contribution >= 4 is 23.3 Å². The molecule has 0 aliphatic heterocycles. The maximum atomic E-state index is 13.3. The fraction of sp³-hybridized carbons (Fsp3) is 0.524. The first-order valence-corrected chi connectivity index (χ1v) is 10.6. The quantitative estimate of drug-likeness (QED) is 0.528. The van der Waals surface area contributed by atoms with E-state index in [9.17, 15) is 18.0 Å². The van der Waals surface area contributed by atoms with E-state index in [1.165, 1.54) is 0 Å². The van der Waals surface area contributed by atoms with Crippen LogP contribution in [0.5, 0.6) is 0 Å². The molecular formula is C21H26ClF3N4O. The van der Waals surface area contributed by atoms with Crippen LogP contribution in [0.2, 0.25) is 5.02 Å². The van der Waals surface area contributed by atoms with E-state index in [0.717, 1.165) is 55.9 Å². The molecule has 0 spiro atoms. The molecular weight excluding hydrogens is 417 g/mol. The molecule has 1 aliphatic rings. The summed E-state index contributed by atoms with van der Waals surface area (Å²) in [6.07, 6.45) is 0.530. The van der Waals surface area contributed by atoms with E-state index in [1.54, 1.807) is 0 Å². The van der Waals surface area contributed by atoms with Crippen LogP contribution in [0.1, 0.15) is 72.1 Å². The number of aromatic nitrogens is 2. The Hall–Kier alpha value is -2.22. The number of carbonyl (C=O) groups excluding carboxylic acids is 1. The summed E-state index contributed by atoms with van der Waals surface area (Å²) in [4.78, 5) is 11.6. The Kier molecular flexibility index (Phi) is 6.95. The van der Waals surface area contributed by atoms with Gasteiger partial charge in [-0.1, -0.05) is 24.9 Å². The molecule has 164 valence electrons. The number of hydrogen-bond donors (Lipinski definition) is 3. The second kappa shape index (κ2) is 9.29. The molecule has 1 aliphatic carbocycles. The number of H-pyrrole nitrogens is 1. The summed E-state index contributed by atoms with van der Waals surface area (Å²) >= 11 is 6.27. The van der Waals surface area contributed by atoms with E-state index >= 15 is 0 Å². The van der Waals surface area contributed by atoms with Crippen molar-refractivity contribution in [3.05, 3.63) is 45.6 Å². The molecule has 30 heavy (non-hydrogen) atoms. The van der Waals surface area contributed by atoms with E-state index in [0.29, 0.717) is 24.3 Å². The minimum atomic E-state index is -4.56. The van der Waals surface area contributed by atoms with E-state index < -0.39 is 17.6 Å². The third-order valence-electron chi connectivity index (χ3n) is 5.70. The summed E-state index contributed by atoms with van der Waals surface area (Å²) in [5.74, 6) is 0.128. The number of amides is 1. The maximum absolute atomic E-state index is 13.3. The first kappa shape index (κ1) is 22.5. The second-order valence-corrected chi connectivity index (χ2v) is 8.29. The molecule has 9 heteroatoms. The molecule has 3 rings (SSSR count). The summed E-state index contributed by atoms with van der Waals surface area (Å²) in [5.41, 5.74) is 5.55. The molecule has 1 heterocycles. The summed E-state index contributed by atoms with van der Waals surface area (Å²) in [7, 11) is 0. The minimum Gasteiger partial charge on any atom is -0.368 e. The van der Waals surface area contributed by atoms with Gasteiger partial charge in [-0.2, -0.15) is 18.3 Å². The second-order valence-electron chi connectivity index (χ2n) is 7.92. The highest BCUT2D eigenvalue weighted by molar-refractivity contribution is 6.34. The van der Waals surface area contributed by atoms with Gasteiger partial charge in [0.05, 0.1) is 16.1 Å². The molecule has 0 saturated heterocycles. The predicted octanol–water partition coefficient (Wildman–Crippen LogP) is 5.52. The lowest BCUT2D eigenvalue weighted by molar-refractivity contribution is -0.137. The molecule has 0 radical (unpaired) electrons. The van der Waals surface area contributed by atoms with Gasteiger partial charge in [0.2, 0.25) is 5.91 Å². The first-order chi connectivity index (χ1) is 14.2. The van der Waals surface area contributed by atoms with Gasteiger partial charge in [0.15, 0.2) is 0 Å². The van der Waals surface area contributed by atoms with E-state index in [4.69, 9.17) is 17.3 Å². The van der Waals surface area contributed by atoms with Crippen molar-refractivity contribution in [1.82, 2.24) is 10.2 Å². The summed E-state index contributed by atoms with van der Waals surface area (Å²) in [5, 5.41) is 10.6. The Morgan fingerprint density at radius 2 is 1.97 bits per heavy atom. The lowest BCUT2D eigenvalue weighted by Gasteiger charge is -2.30. The van der Waals surface area contributed by atoms with Crippen molar-refractivity contribution in [3.8, 4) is 0 Å². The number of benzene rings is 1. The Bertz CT molecular complexity index is 889. The average molecular weight is 443 g/mol. The van der Waals surface area contributed by atoms with Gasteiger partial charge in [0.1, 0.15) is 5.82 Å². The highest BCUT2D eigenvalue weighted by Gasteiger charge is 2.34. The van der Waals surface area contributed by atoms with Crippen molar-refractivity contribution in [2.75, 3.05) is 11.9 Å². The number of anilines is 1. The number of rotatable bonds is 7. The van der Waals surface area contributed by atoms with Crippen molar-refractivity contribution in [1.29, 1.82) is 0 Å². The van der Waals surface area contributed by atoms with Gasteiger partial charge in [-0.3, -0.25) is 9.89 Å². The van der Waals surface area contributed by atoms with Crippen LogP contribution in [-0.2, 0) is 12.6 Å². The van der Waals surface area contributed by atoms with Crippen molar-refractivity contribution in [3.63, 3.8) is 0 Å². The van der Waals surface area contributed by atoms with E-state index in [2.05, 4.69) is 22.4 Å². The number of nitrogens with zero attached hydrogens (tertiary/aromatic N) is 1. The number of aryl methyl sites for hydroxylation is 1. The van der Waals surface area contributed by atoms with Crippen LogP contribution in [-0.4, -0.2) is 22.6 Å². The number of primary amides is 1. The highest BCUT2D eigenvalue weighted by Crippen LogP contribution is 2.42. The van der Waals surface area contributed by atoms with E-state index in [-0.39, 0.29) is 16.5 Å². The standard InChI is InChI=1S/C21H26ClF3N4O/c1-2-3-15-10-18(29-28-15)27-11-12-4-6-13(7-5-12)16-8-14(21(23,24)25)9-17(19(16)22)20(26)30/h8-10,12-13H,2-7,11H2,1H3,(H2,26,30)(H2,27,28,29). The summed E-state index contributed by atoms with van der Waals surface area (Å²) < 4.78 is 39.8. The predicted molar refractivity (Wildman–Crippen MR) is 111 cm³/mol. The number of halogens is 4. The first-order valence-electron chi connectivity index (χ1n) is 10.2. The Morgan fingerprint density at radius 3 is 2.57 bits per heavy atom. The van der Waals surface area contributed by atoms with Gasteiger partial charge in [-0.25, -0.2) is 0 Å². The third kappa shape index (κ3) is 5.28. The normalized spacial score (nSPS) is 19.6. The van der Waals surface area contributed by atoms with Gasteiger partial charge >= 0.3 is 6.18 Å². The van der Waals surface area contributed by atoms with Gasteiger partial charge in [0, 0.05) is 18.3 Å². The zero-order chi connectivity index (χ0) is 21.9. The summed E-state index contributed by atoms with van der Waals surface area (Å²) in [6.45, 7) is 2.86. The van der Waals surface area contributed by atoms with Gasteiger partial charge in [-0.15, -0.1) is 0 Å². The zero-order valence-corrected chi connectivity index (χ0v) is 17.5. The fourth-order valence-corrected chi connectivity index (χ4v) is 4.42. The topological polar surface area (TPSA) is 83.8 Å². The minimum absolute atomic E-state index is 0.0389. The monoisotopic (exact) mass is 442 g/mol. The molecule has 1 aromatic carbocycles. The van der Waals surface area contributed by atoms with Crippen LogP contribution in [0, 0.1) is 5.92 Å². The van der Waals surface area contributed by atoms with Crippen LogP contribution >= 0.6 is 11.6 Å². The molecule has 1 fully saturated rings. The molecule has 0 atom stereocenters. The smallest absolute Gasteiger partial charge is 0.368 e. The van der Waals surface area contributed by atoms with Crippen molar-refractivity contribution in [2.45, 2.75) is 57.5 Å². The van der Waals surface area contributed by atoms with Crippen LogP contribution in [0.15, 0.2) is 18.2 Å².